The van der Waals surface area contributed by atoms with Gasteiger partial charge in [-0.3, -0.25) is 14.7 Å². The highest BCUT2D eigenvalue weighted by Crippen LogP contribution is 2.35. The van der Waals surface area contributed by atoms with Gasteiger partial charge in [-0.2, -0.15) is 0 Å². The molecule has 1 N–H and O–H groups in total. The Balaban J connectivity index is 1.82. The van der Waals surface area contributed by atoms with Crippen molar-refractivity contribution in [2.24, 2.45) is 0 Å². The molecule has 2 heterocycles. The number of benzene rings is 2. The number of nitro groups is 1. The van der Waals surface area contributed by atoms with E-state index in [4.69, 9.17) is 0 Å². The van der Waals surface area contributed by atoms with Crippen LogP contribution in [0.3, 0.4) is 0 Å². The zero-order valence-corrected chi connectivity index (χ0v) is 14.2. The predicted octanol–water partition coefficient (Wildman–Crippen LogP) is 3.83. The Morgan fingerprint density at radius 2 is 2.00 bits per heavy atom. The third kappa shape index (κ3) is 2.83. The molecule has 0 atom stereocenters. The molecule has 0 fully saturated rings. The van der Waals surface area contributed by atoms with Crippen LogP contribution in [0.25, 0.3) is 16.5 Å². The van der Waals surface area contributed by atoms with Crippen LogP contribution in [0.5, 0.6) is 0 Å². The molecule has 0 spiro atoms. The van der Waals surface area contributed by atoms with Gasteiger partial charge in [-0.1, -0.05) is 36.4 Å². The molecule has 0 aliphatic heterocycles. The van der Waals surface area contributed by atoms with Crippen LogP contribution < -0.4 is 5.69 Å². The van der Waals surface area contributed by atoms with Crippen molar-refractivity contribution in [2.45, 2.75) is 9.37 Å². The summed E-state index contributed by atoms with van der Waals surface area (Å²) in [4.78, 5) is 29.4. The average Bonchev–Trinajstić information content (AvgIpc) is 3.22. The first kappa shape index (κ1) is 15.6. The number of imidazole rings is 1. The van der Waals surface area contributed by atoms with E-state index < -0.39 is 4.92 Å². The van der Waals surface area contributed by atoms with Crippen LogP contribution in [0, 0.1) is 10.1 Å². The number of aromatic amines is 1. The fourth-order valence-electron chi connectivity index (χ4n) is 2.53. The van der Waals surface area contributed by atoms with E-state index in [1.54, 1.807) is 10.8 Å². The molecule has 4 rings (SSSR count). The van der Waals surface area contributed by atoms with Crippen LogP contribution in [0.2, 0.25) is 0 Å². The van der Waals surface area contributed by atoms with E-state index in [-0.39, 0.29) is 10.7 Å². The van der Waals surface area contributed by atoms with Gasteiger partial charge in [-0.05, 0) is 34.6 Å². The van der Waals surface area contributed by atoms with Crippen molar-refractivity contribution in [3.8, 4) is 5.69 Å². The maximum atomic E-state index is 12.4. The molecule has 9 heteroatoms. The lowest BCUT2D eigenvalue weighted by atomic mass is 10.1. The molecule has 25 heavy (non-hydrogen) atoms. The molecule has 0 bridgehead atoms. The van der Waals surface area contributed by atoms with Gasteiger partial charge >= 0.3 is 10.7 Å². The van der Waals surface area contributed by atoms with Gasteiger partial charge in [0.25, 0.3) is 0 Å². The van der Waals surface area contributed by atoms with Crippen molar-refractivity contribution >= 4 is 38.9 Å². The molecule has 4 aromatic rings. The summed E-state index contributed by atoms with van der Waals surface area (Å²) >= 11 is 2.19. The molecule has 0 saturated carbocycles. The van der Waals surface area contributed by atoms with Crippen LogP contribution in [-0.2, 0) is 0 Å². The number of aromatic nitrogens is 3. The first-order valence-corrected chi connectivity index (χ1v) is 8.83. The molecule has 2 aromatic carbocycles. The van der Waals surface area contributed by atoms with Gasteiger partial charge in [0.15, 0.2) is 4.34 Å². The van der Waals surface area contributed by atoms with Crippen molar-refractivity contribution in [1.82, 2.24) is 14.5 Å². The molecule has 0 radical (unpaired) electrons. The van der Waals surface area contributed by atoms with Crippen LogP contribution >= 0.6 is 23.1 Å². The second kappa shape index (κ2) is 6.19. The van der Waals surface area contributed by atoms with E-state index in [0.717, 1.165) is 27.8 Å². The highest BCUT2D eigenvalue weighted by molar-refractivity contribution is 8.01. The molecule has 0 unspecified atom stereocenters. The van der Waals surface area contributed by atoms with E-state index >= 15 is 0 Å². The van der Waals surface area contributed by atoms with Gasteiger partial charge in [-0.25, -0.2) is 9.78 Å². The van der Waals surface area contributed by atoms with E-state index in [1.165, 1.54) is 18.0 Å². The summed E-state index contributed by atoms with van der Waals surface area (Å²) in [6.07, 6.45) is 2.81. The summed E-state index contributed by atoms with van der Waals surface area (Å²) in [6, 6.07) is 13.5. The summed E-state index contributed by atoms with van der Waals surface area (Å²) in [5.74, 6) is 0. The van der Waals surface area contributed by atoms with Crippen molar-refractivity contribution in [3.05, 3.63) is 75.5 Å². The van der Waals surface area contributed by atoms with Crippen LogP contribution in [-0.4, -0.2) is 19.5 Å². The minimum atomic E-state index is -0.476. The summed E-state index contributed by atoms with van der Waals surface area (Å²) in [6.45, 7) is 0. The Labute approximate surface area is 149 Å². The molecule has 7 nitrogen and oxygen atoms in total. The van der Waals surface area contributed by atoms with Crippen LogP contribution in [0.15, 0.2) is 69.0 Å². The summed E-state index contributed by atoms with van der Waals surface area (Å²) in [7, 11) is 0. The number of nitrogens with zero attached hydrogens (tertiary/aromatic N) is 3. The first-order valence-electron chi connectivity index (χ1n) is 7.20. The topological polar surface area (TPSA) is 93.8 Å². The predicted molar refractivity (Wildman–Crippen MR) is 96.8 cm³/mol. The molecule has 0 amide bonds. The fourth-order valence-corrected chi connectivity index (χ4v) is 4.35. The molecule has 124 valence electrons. The standard InChI is InChI=1S/C16H10N4O3S2/c21-15-17-8-13(24-16-18-9-14(25-16)20(22)23)19(15)12-7-3-5-10-4-1-2-6-11(10)12/h1-9H,(H,17,21). The first-order chi connectivity index (χ1) is 12.1. The number of hydrogen-bond acceptors (Lipinski definition) is 6. The van der Waals surface area contributed by atoms with Crippen LogP contribution in [0.1, 0.15) is 0 Å². The Bertz CT molecular complexity index is 1140. The zero-order chi connectivity index (χ0) is 17.4. The van der Waals surface area contributed by atoms with Gasteiger partial charge in [-0.15, -0.1) is 0 Å². The quantitative estimate of drug-likeness (QED) is 0.435. The Morgan fingerprint density at radius 1 is 1.20 bits per heavy atom. The number of thiazole rings is 1. The Morgan fingerprint density at radius 3 is 2.80 bits per heavy atom. The number of H-pyrrole nitrogens is 1. The average molecular weight is 370 g/mol. The summed E-state index contributed by atoms with van der Waals surface area (Å²) in [5.41, 5.74) is 0.475. The monoisotopic (exact) mass is 370 g/mol. The van der Waals surface area contributed by atoms with Crippen molar-refractivity contribution < 1.29 is 4.92 Å². The molecule has 0 aliphatic rings. The van der Waals surface area contributed by atoms with Crippen molar-refractivity contribution in [2.75, 3.05) is 0 Å². The summed E-state index contributed by atoms with van der Waals surface area (Å²) in [5, 5.41) is 13.4. The van der Waals surface area contributed by atoms with E-state index in [1.807, 2.05) is 42.5 Å². The Kier molecular flexibility index (Phi) is 3.86. The highest BCUT2D eigenvalue weighted by Gasteiger charge is 2.17. The van der Waals surface area contributed by atoms with E-state index in [0.29, 0.717) is 9.37 Å². The zero-order valence-electron chi connectivity index (χ0n) is 12.6. The maximum Gasteiger partial charge on any atom is 0.344 e. The molecule has 0 aliphatic carbocycles. The number of fused-ring (bicyclic) bond motifs is 1. The minimum absolute atomic E-state index is 0.0305. The van der Waals surface area contributed by atoms with Gasteiger partial charge in [0.05, 0.1) is 10.6 Å². The molecule has 2 aromatic heterocycles. The fraction of sp³-hybridized carbons (Fsp3) is 0. The van der Waals surface area contributed by atoms with Gasteiger partial charge in [0.1, 0.15) is 11.2 Å². The molecular formula is C16H10N4O3S2. The lowest BCUT2D eigenvalue weighted by molar-refractivity contribution is -0.380. The van der Waals surface area contributed by atoms with Crippen molar-refractivity contribution in [1.29, 1.82) is 0 Å². The van der Waals surface area contributed by atoms with E-state index in [9.17, 15) is 14.9 Å². The van der Waals surface area contributed by atoms with E-state index in [2.05, 4.69) is 9.97 Å². The third-order valence-corrected chi connectivity index (χ3v) is 5.63. The summed E-state index contributed by atoms with van der Waals surface area (Å²) < 4.78 is 2.06. The van der Waals surface area contributed by atoms with Gasteiger partial charge in [0.2, 0.25) is 0 Å². The number of rotatable bonds is 4. The van der Waals surface area contributed by atoms with Crippen LogP contribution in [0.4, 0.5) is 5.00 Å². The minimum Gasteiger partial charge on any atom is -0.311 e. The largest absolute Gasteiger partial charge is 0.344 e. The lowest BCUT2D eigenvalue weighted by Crippen LogP contribution is -2.15. The third-order valence-electron chi connectivity index (χ3n) is 3.59. The Hall–Kier alpha value is -2.91. The second-order valence-corrected chi connectivity index (χ2v) is 7.37. The maximum absolute atomic E-state index is 12.4. The normalized spacial score (nSPS) is 11.0. The SMILES string of the molecule is O=c1[nH]cc(Sc2ncc([N+](=O)[O-])s2)n1-c1cccc2ccccc12. The molecule has 0 saturated heterocycles. The smallest absolute Gasteiger partial charge is 0.311 e. The number of nitrogens with one attached hydrogen (secondary N) is 1. The molecular weight excluding hydrogens is 360 g/mol. The van der Waals surface area contributed by atoms with Crippen molar-refractivity contribution in [3.63, 3.8) is 0 Å². The number of hydrogen-bond donors (Lipinski definition) is 1. The lowest BCUT2D eigenvalue weighted by Gasteiger charge is -2.09. The highest BCUT2D eigenvalue weighted by atomic mass is 32.2. The second-order valence-electron chi connectivity index (χ2n) is 5.09. The van der Waals surface area contributed by atoms with Gasteiger partial charge < -0.3 is 4.98 Å². The van der Waals surface area contributed by atoms with Gasteiger partial charge in [0, 0.05) is 11.6 Å².